The van der Waals surface area contributed by atoms with E-state index in [0.717, 1.165) is 22.4 Å². The Kier molecular flexibility index (Phi) is 7.89. The van der Waals surface area contributed by atoms with Crippen molar-refractivity contribution < 1.29 is 23.8 Å². The second-order valence-corrected chi connectivity index (χ2v) is 7.32. The van der Waals surface area contributed by atoms with E-state index in [1.54, 1.807) is 12.1 Å². The van der Waals surface area contributed by atoms with Gasteiger partial charge in [-0.3, -0.25) is 4.79 Å². The van der Waals surface area contributed by atoms with Gasteiger partial charge < -0.3 is 19.5 Å². The normalized spacial score (nSPS) is 11.8. The Morgan fingerprint density at radius 1 is 1.03 bits per heavy atom. The van der Waals surface area contributed by atoms with Crippen LogP contribution < -0.4 is 14.8 Å². The zero-order valence-corrected chi connectivity index (χ0v) is 18.7. The Morgan fingerprint density at radius 2 is 1.67 bits per heavy atom. The molecule has 0 bridgehead atoms. The summed E-state index contributed by atoms with van der Waals surface area (Å²) in [6.07, 6.45) is 1.79. The number of aryl methyl sites for hydroxylation is 3. The Hall–Kier alpha value is -2.99. The maximum atomic E-state index is 12.4. The highest BCUT2D eigenvalue weighted by atomic mass is 35.5. The highest BCUT2D eigenvalue weighted by Crippen LogP contribution is 2.36. The number of carbonyl (C=O) groups is 2. The number of ether oxygens (including phenoxy) is 3. The van der Waals surface area contributed by atoms with Gasteiger partial charge in [0.15, 0.2) is 17.6 Å². The molecule has 0 fully saturated rings. The van der Waals surface area contributed by atoms with Crippen LogP contribution in [0.4, 0.5) is 5.69 Å². The summed E-state index contributed by atoms with van der Waals surface area (Å²) in [7, 11) is 2.98. The average Bonchev–Trinajstić information content (AvgIpc) is 2.68. The van der Waals surface area contributed by atoms with Crippen molar-refractivity contribution in [3.05, 3.63) is 57.6 Å². The van der Waals surface area contributed by atoms with Crippen molar-refractivity contribution in [1.29, 1.82) is 0 Å². The fourth-order valence-electron chi connectivity index (χ4n) is 3.07. The lowest BCUT2D eigenvalue weighted by Crippen LogP contribution is -2.30. The molecule has 0 aromatic heterocycles. The molecule has 0 aliphatic rings. The van der Waals surface area contributed by atoms with Crippen LogP contribution in [0.2, 0.25) is 5.02 Å². The van der Waals surface area contributed by atoms with E-state index in [1.165, 1.54) is 33.3 Å². The van der Waals surface area contributed by atoms with Crippen molar-refractivity contribution in [1.82, 2.24) is 0 Å². The van der Waals surface area contributed by atoms with Crippen molar-refractivity contribution in [3.8, 4) is 11.5 Å². The van der Waals surface area contributed by atoms with Crippen LogP contribution in [0.3, 0.4) is 0 Å². The van der Waals surface area contributed by atoms with Crippen molar-refractivity contribution in [2.75, 3.05) is 19.5 Å². The Balaban J connectivity index is 2.04. The zero-order chi connectivity index (χ0) is 22.4. The SMILES string of the molecule is COc1cc(/C=C/C(=O)OC(C)C(=O)Nc2c(C)cc(C)cc2C)cc(Cl)c1OC. The number of amides is 1. The van der Waals surface area contributed by atoms with Gasteiger partial charge in [0.1, 0.15) is 0 Å². The summed E-state index contributed by atoms with van der Waals surface area (Å²) in [6.45, 7) is 7.35. The lowest BCUT2D eigenvalue weighted by atomic mass is 10.0. The summed E-state index contributed by atoms with van der Waals surface area (Å²) in [5.74, 6) is -0.206. The summed E-state index contributed by atoms with van der Waals surface area (Å²) in [5, 5.41) is 3.18. The number of anilines is 1. The molecule has 1 amide bonds. The summed E-state index contributed by atoms with van der Waals surface area (Å²) >= 11 is 6.16. The van der Waals surface area contributed by atoms with E-state index in [1.807, 2.05) is 32.9 Å². The second-order valence-electron chi connectivity index (χ2n) is 6.91. The highest BCUT2D eigenvalue weighted by molar-refractivity contribution is 6.32. The van der Waals surface area contributed by atoms with E-state index in [2.05, 4.69) is 5.32 Å². The molecule has 0 aliphatic heterocycles. The molecule has 1 N–H and O–H groups in total. The number of halogens is 1. The predicted molar refractivity (Wildman–Crippen MR) is 118 cm³/mol. The van der Waals surface area contributed by atoms with Gasteiger partial charge in [-0.1, -0.05) is 29.3 Å². The molecule has 0 radical (unpaired) electrons. The topological polar surface area (TPSA) is 73.9 Å². The molecule has 30 heavy (non-hydrogen) atoms. The van der Waals surface area contributed by atoms with E-state index in [4.69, 9.17) is 25.8 Å². The van der Waals surface area contributed by atoms with Gasteiger partial charge >= 0.3 is 5.97 Å². The second kappa shape index (κ2) is 10.2. The Labute approximate surface area is 181 Å². The monoisotopic (exact) mass is 431 g/mol. The molecule has 0 saturated heterocycles. The minimum absolute atomic E-state index is 0.349. The number of methoxy groups -OCH3 is 2. The molecule has 7 heteroatoms. The molecule has 0 aliphatic carbocycles. The van der Waals surface area contributed by atoms with Gasteiger partial charge in [0.25, 0.3) is 5.91 Å². The van der Waals surface area contributed by atoms with Crippen LogP contribution in [0, 0.1) is 20.8 Å². The predicted octanol–water partition coefficient (Wildman–Crippen LogP) is 4.87. The first-order valence-electron chi connectivity index (χ1n) is 9.35. The van der Waals surface area contributed by atoms with Crippen LogP contribution in [0.5, 0.6) is 11.5 Å². The molecule has 0 heterocycles. The molecule has 1 unspecified atom stereocenters. The Bertz CT molecular complexity index is 961. The largest absolute Gasteiger partial charge is 0.493 e. The van der Waals surface area contributed by atoms with Gasteiger partial charge in [-0.05, 0) is 62.6 Å². The third-order valence-corrected chi connectivity index (χ3v) is 4.74. The number of carbonyl (C=O) groups excluding carboxylic acids is 2. The van der Waals surface area contributed by atoms with E-state index in [-0.39, 0.29) is 0 Å². The highest BCUT2D eigenvalue weighted by Gasteiger charge is 2.18. The summed E-state index contributed by atoms with van der Waals surface area (Å²) < 4.78 is 15.6. The molecule has 0 saturated carbocycles. The third kappa shape index (κ3) is 5.76. The first-order valence-corrected chi connectivity index (χ1v) is 9.73. The number of benzene rings is 2. The molecule has 2 rings (SSSR count). The molecule has 0 spiro atoms. The standard InChI is InChI=1S/C23H26ClNO5/c1-13-9-14(2)21(15(3)10-13)25-23(27)16(4)30-20(26)8-7-17-11-18(24)22(29-6)19(12-17)28-5/h7-12,16H,1-6H3,(H,25,27)/b8-7+. The molecule has 6 nitrogen and oxygen atoms in total. The summed E-state index contributed by atoms with van der Waals surface area (Å²) in [5.41, 5.74) is 4.36. The first-order chi connectivity index (χ1) is 14.2. The number of hydrogen-bond donors (Lipinski definition) is 1. The third-order valence-electron chi connectivity index (χ3n) is 4.46. The van der Waals surface area contributed by atoms with Gasteiger partial charge in [0.05, 0.1) is 19.2 Å². The van der Waals surface area contributed by atoms with Crippen LogP contribution in [-0.2, 0) is 14.3 Å². The summed E-state index contributed by atoms with van der Waals surface area (Å²) in [6, 6.07) is 7.27. The van der Waals surface area contributed by atoms with Gasteiger partial charge in [0, 0.05) is 11.8 Å². The van der Waals surface area contributed by atoms with Gasteiger partial charge in [0.2, 0.25) is 0 Å². The van der Waals surface area contributed by atoms with E-state index in [0.29, 0.717) is 22.1 Å². The number of hydrogen-bond acceptors (Lipinski definition) is 5. The molecular weight excluding hydrogens is 406 g/mol. The number of nitrogens with one attached hydrogen (secondary N) is 1. The van der Waals surface area contributed by atoms with Crippen LogP contribution in [0.1, 0.15) is 29.2 Å². The average molecular weight is 432 g/mol. The van der Waals surface area contributed by atoms with Gasteiger partial charge in [-0.15, -0.1) is 0 Å². The molecule has 160 valence electrons. The van der Waals surface area contributed by atoms with Crippen molar-refractivity contribution in [2.45, 2.75) is 33.8 Å². The van der Waals surface area contributed by atoms with Crippen molar-refractivity contribution in [3.63, 3.8) is 0 Å². The Morgan fingerprint density at radius 3 is 2.23 bits per heavy atom. The zero-order valence-electron chi connectivity index (χ0n) is 18.0. The maximum absolute atomic E-state index is 12.4. The lowest BCUT2D eigenvalue weighted by Gasteiger charge is -2.16. The van der Waals surface area contributed by atoms with Crippen LogP contribution >= 0.6 is 11.6 Å². The van der Waals surface area contributed by atoms with E-state index < -0.39 is 18.0 Å². The van der Waals surface area contributed by atoms with Crippen LogP contribution in [0.25, 0.3) is 6.08 Å². The molecule has 1 atom stereocenters. The quantitative estimate of drug-likeness (QED) is 0.500. The fraction of sp³-hybridized carbons (Fsp3) is 0.304. The summed E-state index contributed by atoms with van der Waals surface area (Å²) in [4.78, 5) is 24.6. The lowest BCUT2D eigenvalue weighted by molar-refractivity contribution is -0.148. The van der Waals surface area contributed by atoms with Gasteiger partial charge in [-0.25, -0.2) is 4.79 Å². The van der Waals surface area contributed by atoms with E-state index in [9.17, 15) is 9.59 Å². The van der Waals surface area contributed by atoms with E-state index >= 15 is 0 Å². The smallest absolute Gasteiger partial charge is 0.331 e. The van der Waals surface area contributed by atoms with Crippen LogP contribution in [0.15, 0.2) is 30.3 Å². The number of rotatable bonds is 7. The number of esters is 1. The van der Waals surface area contributed by atoms with Crippen LogP contribution in [-0.4, -0.2) is 32.2 Å². The molecule has 2 aromatic carbocycles. The molecular formula is C23H26ClNO5. The minimum atomic E-state index is -0.962. The maximum Gasteiger partial charge on any atom is 0.331 e. The fourth-order valence-corrected chi connectivity index (χ4v) is 3.36. The molecule has 2 aromatic rings. The first kappa shape index (κ1) is 23.3. The van der Waals surface area contributed by atoms with Crippen molar-refractivity contribution in [2.24, 2.45) is 0 Å². The minimum Gasteiger partial charge on any atom is -0.493 e. The van der Waals surface area contributed by atoms with Gasteiger partial charge in [-0.2, -0.15) is 0 Å². The van der Waals surface area contributed by atoms with Crippen molar-refractivity contribution >= 4 is 35.2 Å².